The summed E-state index contributed by atoms with van der Waals surface area (Å²) in [4.78, 5) is 2.57. The molecule has 1 aliphatic heterocycles. The van der Waals surface area contributed by atoms with Crippen LogP contribution in [0, 0.1) is 11.8 Å². The first-order valence-corrected chi connectivity index (χ1v) is 9.30. The van der Waals surface area contributed by atoms with Crippen LogP contribution in [0.2, 0.25) is 0 Å². The average molecular weight is 289 g/mol. The van der Waals surface area contributed by atoms with Gasteiger partial charge in [0, 0.05) is 54.0 Å². The molecule has 0 saturated carbocycles. The summed E-state index contributed by atoms with van der Waals surface area (Å²) in [5.41, 5.74) is 0. The van der Waals surface area contributed by atoms with Crippen LogP contribution in [0.5, 0.6) is 0 Å². The van der Waals surface area contributed by atoms with Gasteiger partial charge in [-0.3, -0.25) is 9.11 Å². The first-order valence-electron chi connectivity index (χ1n) is 7.81. The molecule has 0 aromatic carbocycles. The zero-order valence-corrected chi connectivity index (χ0v) is 14.1. The van der Waals surface area contributed by atoms with Gasteiger partial charge in [0.25, 0.3) is 0 Å². The maximum absolute atomic E-state index is 11.7. The molecule has 1 rings (SSSR count). The Hall–Kier alpha value is 0.0700. The zero-order chi connectivity index (χ0) is 14.4. The molecule has 1 saturated heterocycles. The number of rotatable bonds is 7. The van der Waals surface area contributed by atoms with Crippen LogP contribution in [0.4, 0.5) is 0 Å². The van der Waals surface area contributed by atoms with Crippen molar-refractivity contribution in [1.29, 1.82) is 0 Å². The molecule has 1 aliphatic rings. The summed E-state index contributed by atoms with van der Waals surface area (Å²) in [6, 6.07) is 1.18. The van der Waals surface area contributed by atoms with E-state index in [2.05, 4.69) is 37.9 Å². The molecule has 0 amide bonds. The number of nitrogens with zero attached hydrogens (tertiary/aromatic N) is 1. The number of hydrogen-bond donors (Lipinski definition) is 1. The minimum Gasteiger partial charge on any atom is -0.311 e. The van der Waals surface area contributed by atoms with Crippen molar-refractivity contribution in [3.8, 4) is 0 Å². The van der Waals surface area contributed by atoms with Gasteiger partial charge in [-0.1, -0.05) is 41.0 Å². The van der Waals surface area contributed by atoms with Gasteiger partial charge in [-0.2, -0.15) is 0 Å². The van der Waals surface area contributed by atoms with Crippen LogP contribution in [0.25, 0.3) is 0 Å². The molecule has 0 spiro atoms. The van der Waals surface area contributed by atoms with E-state index in [1.165, 1.54) is 6.42 Å². The van der Waals surface area contributed by atoms with Crippen molar-refractivity contribution in [2.24, 2.45) is 11.8 Å². The SMILES string of the molecule is CCC(C)C1CN(CCS(=O)CC)C(C(C)C)CN1. The van der Waals surface area contributed by atoms with Crippen LogP contribution >= 0.6 is 0 Å². The molecule has 4 atom stereocenters. The van der Waals surface area contributed by atoms with E-state index in [-0.39, 0.29) is 0 Å². The molecule has 4 unspecified atom stereocenters. The van der Waals surface area contributed by atoms with Crippen LogP contribution < -0.4 is 5.32 Å². The zero-order valence-electron chi connectivity index (χ0n) is 13.3. The molecular formula is C15H32N2OS. The van der Waals surface area contributed by atoms with Gasteiger partial charge in [0.05, 0.1) is 0 Å². The Balaban J connectivity index is 2.60. The van der Waals surface area contributed by atoms with Crippen molar-refractivity contribution >= 4 is 10.8 Å². The van der Waals surface area contributed by atoms with Gasteiger partial charge in [0.2, 0.25) is 0 Å². The monoisotopic (exact) mass is 288 g/mol. The Morgan fingerprint density at radius 2 is 2.00 bits per heavy atom. The van der Waals surface area contributed by atoms with Crippen molar-refractivity contribution in [3.05, 3.63) is 0 Å². The van der Waals surface area contributed by atoms with E-state index in [9.17, 15) is 4.21 Å². The van der Waals surface area contributed by atoms with Crippen LogP contribution in [-0.4, -0.2) is 52.3 Å². The van der Waals surface area contributed by atoms with E-state index in [0.29, 0.717) is 23.9 Å². The molecule has 0 aliphatic carbocycles. The molecule has 0 aromatic rings. The minimum absolute atomic E-state index is 0.592. The summed E-state index contributed by atoms with van der Waals surface area (Å²) in [6.45, 7) is 14.4. The lowest BCUT2D eigenvalue weighted by Crippen LogP contribution is -2.60. The molecule has 1 heterocycles. The Kier molecular flexibility index (Phi) is 7.55. The van der Waals surface area contributed by atoms with Gasteiger partial charge in [0.15, 0.2) is 0 Å². The lowest BCUT2D eigenvalue weighted by Gasteiger charge is -2.44. The summed E-state index contributed by atoms with van der Waals surface area (Å²) in [5.74, 6) is 2.98. The van der Waals surface area contributed by atoms with Crippen LogP contribution in [0.15, 0.2) is 0 Å². The van der Waals surface area contributed by atoms with Crippen molar-refractivity contribution in [2.75, 3.05) is 31.1 Å². The van der Waals surface area contributed by atoms with E-state index < -0.39 is 10.8 Å². The Morgan fingerprint density at radius 3 is 2.53 bits per heavy atom. The maximum atomic E-state index is 11.7. The molecule has 1 fully saturated rings. The third kappa shape index (κ3) is 5.16. The Morgan fingerprint density at radius 1 is 1.32 bits per heavy atom. The molecule has 114 valence electrons. The molecule has 0 bridgehead atoms. The van der Waals surface area contributed by atoms with E-state index in [1.54, 1.807) is 0 Å². The van der Waals surface area contributed by atoms with Crippen LogP contribution in [0.1, 0.15) is 41.0 Å². The Labute approximate surface area is 122 Å². The topological polar surface area (TPSA) is 32.3 Å². The molecule has 3 nitrogen and oxygen atoms in total. The fourth-order valence-corrected chi connectivity index (χ4v) is 3.52. The molecule has 4 heteroatoms. The number of piperazine rings is 1. The third-order valence-electron chi connectivity index (χ3n) is 4.52. The van der Waals surface area contributed by atoms with Crippen LogP contribution in [0.3, 0.4) is 0 Å². The van der Waals surface area contributed by atoms with Gasteiger partial charge in [-0.25, -0.2) is 0 Å². The van der Waals surface area contributed by atoms with E-state index >= 15 is 0 Å². The highest BCUT2D eigenvalue weighted by molar-refractivity contribution is 7.84. The molecular weight excluding hydrogens is 256 g/mol. The largest absolute Gasteiger partial charge is 0.311 e. The van der Waals surface area contributed by atoms with E-state index in [1.807, 2.05) is 6.92 Å². The summed E-state index contributed by atoms with van der Waals surface area (Å²) >= 11 is 0. The predicted molar refractivity (Wildman–Crippen MR) is 85.0 cm³/mol. The standard InChI is InChI=1S/C15H32N2OS/c1-6-13(5)14-11-17(8-9-19(18)7-2)15(10-16-14)12(3)4/h12-16H,6-11H2,1-5H3. The first-order chi connectivity index (χ1) is 8.99. The number of hydrogen-bond acceptors (Lipinski definition) is 3. The van der Waals surface area contributed by atoms with Crippen molar-refractivity contribution in [3.63, 3.8) is 0 Å². The van der Waals surface area contributed by atoms with Crippen molar-refractivity contribution < 1.29 is 4.21 Å². The van der Waals surface area contributed by atoms with Gasteiger partial charge >= 0.3 is 0 Å². The summed E-state index contributed by atoms with van der Waals surface area (Å²) in [5, 5.41) is 3.72. The first kappa shape index (κ1) is 17.1. The van der Waals surface area contributed by atoms with Crippen LogP contribution in [-0.2, 0) is 10.8 Å². The van der Waals surface area contributed by atoms with E-state index in [4.69, 9.17) is 0 Å². The fourth-order valence-electron chi connectivity index (χ4n) is 2.80. The average Bonchev–Trinajstić information content (AvgIpc) is 2.43. The fraction of sp³-hybridized carbons (Fsp3) is 1.00. The van der Waals surface area contributed by atoms with Gasteiger partial charge < -0.3 is 5.32 Å². The normalized spacial score (nSPS) is 28.5. The highest BCUT2D eigenvalue weighted by Gasteiger charge is 2.31. The van der Waals surface area contributed by atoms with Crippen molar-refractivity contribution in [2.45, 2.75) is 53.1 Å². The molecule has 0 radical (unpaired) electrons. The lowest BCUT2D eigenvalue weighted by molar-refractivity contribution is 0.0882. The quantitative estimate of drug-likeness (QED) is 0.778. The van der Waals surface area contributed by atoms with Gasteiger partial charge in [-0.05, 0) is 11.8 Å². The molecule has 0 aromatic heterocycles. The summed E-state index contributed by atoms with van der Waals surface area (Å²) in [6.07, 6.45) is 1.22. The maximum Gasteiger partial charge on any atom is 0.0362 e. The Bertz CT molecular complexity index is 283. The minimum atomic E-state index is -0.643. The second-order valence-electron chi connectivity index (χ2n) is 6.14. The number of nitrogens with one attached hydrogen (secondary N) is 1. The highest BCUT2D eigenvalue weighted by Crippen LogP contribution is 2.19. The van der Waals surface area contributed by atoms with Gasteiger partial charge in [0.1, 0.15) is 0 Å². The van der Waals surface area contributed by atoms with Gasteiger partial charge in [-0.15, -0.1) is 0 Å². The van der Waals surface area contributed by atoms with E-state index in [0.717, 1.165) is 31.1 Å². The van der Waals surface area contributed by atoms with Crippen molar-refractivity contribution in [1.82, 2.24) is 10.2 Å². The summed E-state index contributed by atoms with van der Waals surface area (Å²) in [7, 11) is -0.643. The lowest BCUT2D eigenvalue weighted by atomic mass is 9.92. The molecule has 1 N–H and O–H groups in total. The second kappa shape index (κ2) is 8.38. The predicted octanol–water partition coefficient (Wildman–Crippen LogP) is 2.10. The third-order valence-corrected chi connectivity index (χ3v) is 5.80. The second-order valence-corrected chi connectivity index (χ2v) is 8.00. The highest BCUT2D eigenvalue weighted by atomic mass is 32.2. The molecule has 19 heavy (non-hydrogen) atoms. The smallest absolute Gasteiger partial charge is 0.0362 e. The summed E-state index contributed by atoms with van der Waals surface area (Å²) < 4.78 is 11.7.